The first-order valence-electron chi connectivity index (χ1n) is 12.4. The van der Waals surface area contributed by atoms with Crippen LogP contribution in [0, 0.1) is 5.92 Å². The highest BCUT2D eigenvalue weighted by atomic mass is 79.9. The number of anilines is 1. The van der Waals surface area contributed by atoms with E-state index < -0.39 is 5.92 Å². The first-order chi connectivity index (χ1) is 17.1. The molecule has 8 heteroatoms. The molecule has 1 aliphatic carbocycles. The van der Waals surface area contributed by atoms with Gasteiger partial charge in [0.1, 0.15) is 18.8 Å². The molecule has 1 amide bonds. The molecular weight excluding hydrogens is 520 g/mol. The Kier molecular flexibility index (Phi) is 6.90. The Bertz CT molecular complexity index is 1210. The summed E-state index contributed by atoms with van der Waals surface area (Å²) in [4.78, 5) is 34.5. The van der Waals surface area contributed by atoms with Crippen molar-refractivity contribution in [3.05, 3.63) is 89.5 Å². The van der Waals surface area contributed by atoms with Crippen molar-refractivity contribution in [2.75, 3.05) is 31.5 Å². The Morgan fingerprint density at radius 3 is 2.19 bits per heavy atom. The van der Waals surface area contributed by atoms with Gasteiger partial charge in [0.25, 0.3) is 5.91 Å². The average Bonchev–Trinajstić information content (AvgIpc) is 2.88. The van der Waals surface area contributed by atoms with Crippen molar-refractivity contribution in [1.29, 1.82) is 0 Å². The van der Waals surface area contributed by atoms with Gasteiger partial charge in [0.2, 0.25) is 0 Å². The standard InChI is InChI=1S/C28H28N4O3.BrH/c33-26(31-22-14-29-18-30-15-22)17-32-11-9-19(10-12-32)25(16-32)35-28(34)27-23-7-3-1-5-20(23)13-21-6-2-4-8-24(21)27;/h1-8,14-15,18-19,25,27H,9-13,16-17H2;1H/t19?,25-,32?;/m0./s1. The largest absolute Gasteiger partial charge is 1.00 e. The predicted molar refractivity (Wildman–Crippen MR) is 131 cm³/mol. The second-order valence-corrected chi connectivity index (χ2v) is 10.1. The molecule has 0 radical (unpaired) electrons. The second kappa shape index (κ2) is 10.1. The average molecular weight is 549 g/mol. The zero-order valence-corrected chi connectivity index (χ0v) is 21.6. The summed E-state index contributed by atoms with van der Waals surface area (Å²) in [6, 6.07) is 16.4. The molecule has 1 atom stereocenters. The predicted octanol–water partition coefficient (Wildman–Crippen LogP) is 0.308. The highest BCUT2D eigenvalue weighted by molar-refractivity contribution is 5.91. The van der Waals surface area contributed by atoms with Crippen molar-refractivity contribution in [3.8, 4) is 0 Å². The van der Waals surface area contributed by atoms with E-state index in [-0.39, 0.29) is 35.0 Å². The molecular formula is C28H29BrN4O3. The third kappa shape index (κ3) is 4.67. The highest BCUT2D eigenvalue weighted by Crippen LogP contribution is 2.40. The molecule has 2 aromatic carbocycles. The third-order valence-corrected chi connectivity index (χ3v) is 7.98. The molecule has 3 aliphatic heterocycles. The van der Waals surface area contributed by atoms with Gasteiger partial charge in [-0.25, -0.2) is 9.97 Å². The number of piperidine rings is 3. The van der Waals surface area contributed by atoms with Crippen LogP contribution in [0.25, 0.3) is 0 Å². The third-order valence-electron chi connectivity index (χ3n) is 7.98. The minimum absolute atomic E-state index is 0. The van der Waals surface area contributed by atoms with Gasteiger partial charge >= 0.3 is 5.97 Å². The molecule has 4 heterocycles. The van der Waals surface area contributed by atoms with E-state index in [0.717, 1.165) is 43.5 Å². The molecule has 4 aliphatic rings. The number of fused-ring (bicyclic) bond motifs is 5. The van der Waals surface area contributed by atoms with E-state index in [0.29, 0.717) is 29.2 Å². The van der Waals surface area contributed by atoms with Gasteiger partial charge in [0.05, 0.1) is 31.2 Å². The lowest BCUT2D eigenvalue weighted by Crippen LogP contribution is -3.00. The summed E-state index contributed by atoms with van der Waals surface area (Å²) in [7, 11) is 0. The van der Waals surface area contributed by atoms with E-state index >= 15 is 0 Å². The fourth-order valence-corrected chi connectivity index (χ4v) is 6.24. The number of halogens is 1. The van der Waals surface area contributed by atoms with Gasteiger partial charge in [-0.1, -0.05) is 48.5 Å². The summed E-state index contributed by atoms with van der Waals surface area (Å²) >= 11 is 0. The van der Waals surface area contributed by atoms with Crippen molar-refractivity contribution >= 4 is 17.6 Å². The van der Waals surface area contributed by atoms with Gasteiger partial charge in [-0.3, -0.25) is 9.59 Å². The summed E-state index contributed by atoms with van der Waals surface area (Å²) in [5, 5.41) is 2.91. The van der Waals surface area contributed by atoms with E-state index in [4.69, 9.17) is 4.74 Å². The van der Waals surface area contributed by atoms with E-state index in [1.807, 2.05) is 24.3 Å². The van der Waals surface area contributed by atoms with Crippen molar-refractivity contribution in [2.24, 2.45) is 5.92 Å². The Hall–Kier alpha value is -3.10. The van der Waals surface area contributed by atoms with Crippen molar-refractivity contribution in [2.45, 2.75) is 31.3 Å². The first-order valence-corrected chi connectivity index (χ1v) is 12.4. The zero-order chi connectivity index (χ0) is 23.8. The molecule has 7 rings (SSSR count). The van der Waals surface area contributed by atoms with Crippen LogP contribution in [0.2, 0.25) is 0 Å². The molecule has 2 bridgehead atoms. The number of quaternary nitrogens is 1. The van der Waals surface area contributed by atoms with Crippen molar-refractivity contribution in [3.63, 3.8) is 0 Å². The summed E-state index contributed by atoms with van der Waals surface area (Å²) in [5.74, 6) is -0.271. The molecule has 1 aromatic heterocycles. The van der Waals surface area contributed by atoms with Crippen LogP contribution in [0.15, 0.2) is 67.3 Å². The molecule has 36 heavy (non-hydrogen) atoms. The molecule has 3 aromatic rings. The van der Waals surface area contributed by atoms with Crippen molar-refractivity contribution in [1.82, 2.24) is 9.97 Å². The van der Waals surface area contributed by atoms with Gasteiger partial charge in [-0.05, 0) is 28.7 Å². The van der Waals surface area contributed by atoms with Crippen LogP contribution in [-0.2, 0) is 20.7 Å². The maximum atomic E-state index is 13.7. The number of aromatic nitrogens is 2. The van der Waals surface area contributed by atoms with E-state index in [1.54, 1.807) is 12.4 Å². The molecule has 0 spiro atoms. The molecule has 7 nitrogen and oxygen atoms in total. The zero-order valence-electron chi connectivity index (χ0n) is 20.0. The van der Waals surface area contributed by atoms with Gasteiger partial charge < -0.3 is 31.5 Å². The van der Waals surface area contributed by atoms with Crippen LogP contribution < -0.4 is 22.3 Å². The molecule has 3 saturated heterocycles. The van der Waals surface area contributed by atoms with Gasteiger partial charge in [0, 0.05) is 18.8 Å². The van der Waals surface area contributed by atoms with E-state index in [2.05, 4.69) is 39.6 Å². The molecule has 1 N–H and O–H groups in total. The fourth-order valence-electron chi connectivity index (χ4n) is 6.24. The number of nitrogens with zero attached hydrogens (tertiary/aromatic N) is 3. The first kappa shape index (κ1) is 24.6. The Morgan fingerprint density at radius 2 is 1.56 bits per heavy atom. The Labute approximate surface area is 221 Å². The number of amides is 1. The number of carbonyl (C=O) groups is 2. The van der Waals surface area contributed by atoms with E-state index in [1.165, 1.54) is 17.5 Å². The lowest BCUT2D eigenvalue weighted by atomic mass is 9.78. The quantitative estimate of drug-likeness (QED) is 0.366. The lowest BCUT2D eigenvalue weighted by molar-refractivity contribution is -0.938. The normalized spacial score (nSPS) is 24.1. The number of hydrogen-bond acceptors (Lipinski definition) is 5. The number of ether oxygens (including phenoxy) is 1. The molecule has 0 unspecified atom stereocenters. The smallest absolute Gasteiger partial charge is 0.318 e. The van der Waals surface area contributed by atoms with Gasteiger partial charge in [-0.2, -0.15) is 0 Å². The summed E-state index contributed by atoms with van der Waals surface area (Å²) in [6.45, 7) is 2.93. The van der Waals surface area contributed by atoms with E-state index in [9.17, 15) is 9.59 Å². The summed E-state index contributed by atoms with van der Waals surface area (Å²) in [6.07, 6.45) is 7.24. The molecule has 0 saturated carbocycles. The minimum Gasteiger partial charge on any atom is -1.00 e. The number of esters is 1. The number of rotatable bonds is 5. The summed E-state index contributed by atoms with van der Waals surface area (Å²) < 4.78 is 6.96. The van der Waals surface area contributed by atoms with Crippen LogP contribution in [0.5, 0.6) is 0 Å². The monoisotopic (exact) mass is 548 g/mol. The SMILES string of the molecule is O=C(C[N+]12CCC(CC1)[C@@H](OC(=O)C1c3ccccc3Cc3ccccc31)C2)Nc1cncnc1.[Br-]. The van der Waals surface area contributed by atoms with Crippen LogP contribution in [0.3, 0.4) is 0 Å². The molecule has 3 fully saturated rings. The van der Waals surface area contributed by atoms with Crippen LogP contribution in [0.1, 0.15) is 41.0 Å². The van der Waals surface area contributed by atoms with Crippen LogP contribution in [-0.4, -0.2) is 58.6 Å². The Morgan fingerprint density at radius 1 is 0.944 bits per heavy atom. The maximum absolute atomic E-state index is 13.7. The van der Waals surface area contributed by atoms with Crippen molar-refractivity contribution < 1.29 is 35.8 Å². The maximum Gasteiger partial charge on any atom is 0.318 e. The lowest BCUT2D eigenvalue weighted by Gasteiger charge is -2.51. The van der Waals surface area contributed by atoms with Crippen LogP contribution >= 0.6 is 0 Å². The highest BCUT2D eigenvalue weighted by Gasteiger charge is 2.49. The number of benzene rings is 2. The summed E-state index contributed by atoms with van der Waals surface area (Å²) in [5.41, 5.74) is 5.07. The van der Waals surface area contributed by atoms with Crippen LogP contribution in [0.4, 0.5) is 5.69 Å². The number of nitrogens with one attached hydrogen (secondary N) is 1. The number of carbonyl (C=O) groups excluding carboxylic acids is 2. The minimum atomic E-state index is -0.401. The topological polar surface area (TPSA) is 81.2 Å². The van der Waals surface area contributed by atoms with Gasteiger partial charge in [0.15, 0.2) is 12.6 Å². The van der Waals surface area contributed by atoms with Gasteiger partial charge in [-0.15, -0.1) is 0 Å². The second-order valence-electron chi connectivity index (χ2n) is 10.1. The number of hydrogen-bond donors (Lipinski definition) is 1. The fraction of sp³-hybridized carbons (Fsp3) is 0.357. The molecule has 186 valence electrons. The Balaban J connectivity index is 0.00000267.